The van der Waals surface area contributed by atoms with E-state index in [9.17, 15) is 13.2 Å². The van der Waals surface area contributed by atoms with E-state index in [1.807, 2.05) is 67.6 Å². The van der Waals surface area contributed by atoms with Crippen LogP contribution in [0.5, 0.6) is 0 Å². The van der Waals surface area contributed by atoms with Crippen LogP contribution in [0.2, 0.25) is 0 Å². The van der Waals surface area contributed by atoms with E-state index < -0.39 is 10.0 Å². The first-order valence-corrected chi connectivity index (χ1v) is 11.3. The van der Waals surface area contributed by atoms with Gasteiger partial charge in [0.2, 0.25) is 5.91 Å². The van der Waals surface area contributed by atoms with E-state index in [2.05, 4.69) is 0 Å². The molecule has 6 heteroatoms. The molecule has 0 aliphatic carbocycles. The number of fused-ring (bicyclic) bond motifs is 1. The van der Waals surface area contributed by atoms with Crippen LogP contribution in [0, 0.1) is 6.92 Å². The molecule has 4 rings (SSSR count). The fraction of sp³-hybridized carbons (Fsp3) is 0.208. The Morgan fingerprint density at radius 1 is 1.00 bits per heavy atom. The van der Waals surface area contributed by atoms with Gasteiger partial charge >= 0.3 is 0 Å². The van der Waals surface area contributed by atoms with Crippen LogP contribution in [0.25, 0.3) is 0 Å². The number of nitrogens with zero attached hydrogens (tertiary/aromatic N) is 2. The lowest BCUT2D eigenvalue weighted by Gasteiger charge is -2.26. The van der Waals surface area contributed by atoms with Crippen molar-refractivity contribution in [2.75, 3.05) is 15.7 Å². The average Bonchev–Trinajstić information content (AvgIpc) is 3.16. The van der Waals surface area contributed by atoms with Crippen molar-refractivity contribution >= 4 is 27.3 Å². The Balaban J connectivity index is 1.80. The summed E-state index contributed by atoms with van der Waals surface area (Å²) in [7, 11) is -3.84. The standard InChI is InChI=1S/C24H24N2O3S/c1-18-7-6-10-22(15-18)26(17-20-8-4-3-5-9-20)30(28,29)23-12-11-21-13-14-25(19(2)27)24(21)16-23/h3-12,15-16H,13-14,17H2,1-2H3. The zero-order chi connectivity index (χ0) is 21.3. The Kier molecular flexibility index (Phi) is 5.35. The van der Waals surface area contributed by atoms with Gasteiger partial charge in [0.25, 0.3) is 10.0 Å². The van der Waals surface area contributed by atoms with Gasteiger partial charge in [-0.25, -0.2) is 8.42 Å². The Bertz CT molecular complexity index is 1190. The summed E-state index contributed by atoms with van der Waals surface area (Å²) in [5.74, 6) is -0.0804. The summed E-state index contributed by atoms with van der Waals surface area (Å²) in [6, 6.07) is 22.1. The van der Waals surface area contributed by atoms with Gasteiger partial charge in [0, 0.05) is 19.2 Å². The summed E-state index contributed by atoms with van der Waals surface area (Å²) in [5, 5.41) is 0. The second-order valence-electron chi connectivity index (χ2n) is 7.55. The normalized spacial score (nSPS) is 13.2. The monoisotopic (exact) mass is 420 g/mol. The molecule has 0 unspecified atom stereocenters. The van der Waals surface area contributed by atoms with Gasteiger partial charge in [0.15, 0.2) is 0 Å². The molecule has 0 fully saturated rings. The summed E-state index contributed by atoms with van der Waals surface area (Å²) < 4.78 is 28.9. The lowest BCUT2D eigenvalue weighted by molar-refractivity contribution is -0.116. The molecule has 1 amide bonds. The summed E-state index contributed by atoms with van der Waals surface area (Å²) in [5.41, 5.74) is 4.18. The topological polar surface area (TPSA) is 57.7 Å². The second kappa shape index (κ2) is 7.95. The van der Waals surface area contributed by atoms with Gasteiger partial charge in [0.1, 0.15) is 0 Å². The summed E-state index contributed by atoms with van der Waals surface area (Å²) in [4.78, 5) is 13.8. The molecular weight excluding hydrogens is 396 g/mol. The van der Waals surface area contributed by atoms with Gasteiger partial charge in [-0.3, -0.25) is 9.10 Å². The minimum atomic E-state index is -3.84. The van der Waals surface area contributed by atoms with Gasteiger partial charge in [-0.15, -0.1) is 0 Å². The minimum absolute atomic E-state index is 0.0804. The maximum Gasteiger partial charge on any atom is 0.264 e. The Morgan fingerprint density at radius 2 is 1.77 bits per heavy atom. The zero-order valence-electron chi connectivity index (χ0n) is 17.1. The number of benzene rings is 3. The molecule has 3 aromatic rings. The maximum atomic E-state index is 13.7. The van der Waals surface area contributed by atoms with Crippen molar-refractivity contribution in [1.29, 1.82) is 0 Å². The van der Waals surface area contributed by atoms with Gasteiger partial charge in [0.05, 0.1) is 17.1 Å². The van der Waals surface area contributed by atoms with E-state index >= 15 is 0 Å². The molecule has 0 N–H and O–H groups in total. The third-order valence-electron chi connectivity index (χ3n) is 5.38. The molecule has 0 saturated heterocycles. The summed E-state index contributed by atoms with van der Waals surface area (Å²) in [6.45, 7) is 4.25. The SMILES string of the molecule is CC(=O)N1CCc2ccc(S(=O)(=O)N(Cc3ccccc3)c3cccc(C)c3)cc21. The van der Waals surface area contributed by atoms with Crippen molar-refractivity contribution in [2.24, 2.45) is 0 Å². The summed E-state index contributed by atoms with van der Waals surface area (Å²) in [6.07, 6.45) is 0.737. The molecule has 3 aromatic carbocycles. The van der Waals surface area contributed by atoms with Crippen LogP contribution in [0.1, 0.15) is 23.6 Å². The number of carbonyl (C=O) groups excluding carboxylic acids is 1. The number of rotatable bonds is 5. The van der Waals surface area contributed by atoms with Crippen molar-refractivity contribution in [1.82, 2.24) is 0 Å². The molecule has 0 spiro atoms. The van der Waals surface area contributed by atoms with Crippen LogP contribution in [-0.4, -0.2) is 20.9 Å². The molecule has 0 atom stereocenters. The third kappa shape index (κ3) is 3.83. The Labute approximate surface area is 177 Å². The highest BCUT2D eigenvalue weighted by Crippen LogP contribution is 2.33. The van der Waals surface area contributed by atoms with Gasteiger partial charge < -0.3 is 4.90 Å². The Morgan fingerprint density at radius 3 is 2.47 bits per heavy atom. The van der Waals surface area contributed by atoms with Gasteiger partial charge in [-0.1, -0.05) is 48.5 Å². The fourth-order valence-corrected chi connectivity index (χ4v) is 5.29. The highest BCUT2D eigenvalue weighted by atomic mass is 32.2. The first-order valence-electron chi connectivity index (χ1n) is 9.90. The van der Waals surface area contributed by atoms with Crippen LogP contribution < -0.4 is 9.21 Å². The lowest BCUT2D eigenvalue weighted by Crippen LogP contribution is -2.31. The maximum absolute atomic E-state index is 13.7. The van der Waals surface area contributed by atoms with Crippen LogP contribution in [0.15, 0.2) is 77.7 Å². The van der Waals surface area contributed by atoms with Crippen LogP contribution in [-0.2, 0) is 27.8 Å². The van der Waals surface area contributed by atoms with Crippen LogP contribution >= 0.6 is 0 Å². The molecule has 1 heterocycles. The lowest BCUT2D eigenvalue weighted by atomic mass is 10.2. The number of sulfonamides is 1. The van der Waals surface area contributed by atoms with Crippen molar-refractivity contribution in [2.45, 2.75) is 31.7 Å². The molecule has 0 aromatic heterocycles. The fourth-order valence-electron chi connectivity index (χ4n) is 3.82. The summed E-state index contributed by atoms with van der Waals surface area (Å²) >= 11 is 0. The molecule has 0 bridgehead atoms. The second-order valence-corrected chi connectivity index (χ2v) is 9.41. The molecule has 1 aliphatic rings. The number of carbonyl (C=O) groups is 1. The largest absolute Gasteiger partial charge is 0.312 e. The highest BCUT2D eigenvalue weighted by Gasteiger charge is 2.29. The van der Waals surface area contributed by atoms with Crippen molar-refractivity contribution in [3.63, 3.8) is 0 Å². The smallest absolute Gasteiger partial charge is 0.264 e. The quantitative estimate of drug-likeness (QED) is 0.618. The third-order valence-corrected chi connectivity index (χ3v) is 7.15. The van der Waals surface area contributed by atoms with E-state index in [0.29, 0.717) is 17.9 Å². The van der Waals surface area contributed by atoms with E-state index in [4.69, 9.17) is 0 Å². The van der Waals surface area contributed by atoms with E-state index in [0.717, 1.165) is 23.1 Å². The molecular formula is C24H24N2O3S. The highest BCUT2D eigenvalue weighted by molar-refractivity contribution is 7.92. The van der Waals surface area contributed by atoms with E-state index in [-0.39, 0.29) is 17.3 Å². The first-order chi connectivity index (χ1) is 14.4. The number of hydrogen-bond donors (Lipinski definition) is 0. The van der Waals surface area contributed by atoms with Crippen molar-refractivity contribution in [3.8, 4) is 0 Å². The predicted octanol–water partition coefficient (Wildman–Crippen LogP) is 4.30. The predicted molar refractivity (Wildman–Crippen MR) is 119 cm³/mol. The molecule has 1 aliphatic heterocycles. The van der Waals surface area contributed by atoms with Crippen molar-refractivity contribution < 1.29 is 13.2 Å². The number of aryl methyl sites for hydroxylation is 1. The first kappa shape index (κ1) is 20.2. The molecule has 5 nitrogen and oxygen atoms in total. The molecule has 30 heavy (non-hydrogen) atoms. The minimum Gasteiger partial charge on any atom is -0.312 e. The van der Waals surface area contributed by atoms with E-state index in [1.165, 1.54) is 11.2 Å². The number of amides is 1. The number of hydrogen-bond acceptors (Lipinski definition) is 3. The molecule has 0 saturated carbocycles. The number of anilines is 2. The molecule has 0 radical (unpaired) electrons. The zero-order valence-corrected chi connectivity index (χ0v) is 17.9. The van der Waals surface area contributed by atoms with Crippen LogP contribution in [0.3, 0.4) is 0 Å². The van der Waals surface area contributed by atoms with Crippen LogP contribution in [0.4, 0.5) is 11.4 Å². The van der Waals surface area contributed by atoms with Gasteiger partial charge in [-0.05, 0) is 54.3 Å². The van der Waals surface area contributed by atoms with Gasteiger partial charge in [-0.2, -0.15) is 0 Å². The Hall–Kier alpha value is -3.12. The van der Waals surface area contributed by atoms with Crippen molar-refractivity contribution in [3.05, 3.63) is 89.5 Å². The average molecular weight is 421 g/mol. The van der Waals surface area contributed by atoms with E-state index in [1.54, 1.807) is 17.0 Å². The molecule has 154 valence electrons.